The summed E-state index contributed by atoms with van der Waals surface area (Å²) in [6.45, 7) is 2.21. The number of aryl methyl sites for hydroxylation is 1. The molecule has 1 N–H and O–H groups in total. The molecule has 2 aromatic carbocycles. The number of rotatable bonds is 4. The van der Waals surface area contributed by atoms with Gasteiger partial charge in [0.15, 0.2) is 0 Å². The summed E-state index contributed by atoms with van der Waals surface area (Å²) in [5.41, 5.74) is 4.30. The number of fused-ring (bicyclic) bond motifs is 1. The fraction of sp³-hybridized carbons (Fsp3) is 0.368. The van der Waals surface area contributed by atoms with Gasteiger partial charge in [-0.15, -0.1) is 11.8 Å². The molecule has 0 bridgehead atoms. The first-order chi connectivity index (χ1) is 10.4. The van der Waals surface area contributed by atoms with Crippen molar-refractivity contribution in [3.8, 4) is 0 Å². The summed E-state index contributed by atoms with van der Waals surface area (Å²) >= 11 is 1.91. The standard InChI is InChI=1S/C19H23NS/c1-2-21-19-14-8-7-13-18(19)20-17-12-6-4-10-15-9-3-5-11-16(15)17/h3,5,7-9,11,13-14,17,20H,2,4,6,10,12H2,1H3. The lowest BCUT2D eigenvalue weighted by Gasteiger charge is -2.22. The van der Waals surface area contributed by atoms with Crippen LogP contribution in [-0.2, 0) is 6.42 Å². The molecule has 0 radical (unpaired) electrons. The van der Waals surface area contributed by atoms with Crippen molar-refractivity contribution in [3.05, 3.63) is 59.7 Å². The van der Waals surface area contributed by atoms with Crippen LogP contribution in [0.5, 0.6) is 0 Å². The summed E-state index contributed by atoms with van der Waals surface area (Å²) < 4.78 is 0. The van der Waals surface area contributed by atoms with E-state index in [-0.39, 0.29) is 0 Å². The van der Waals surface area contributed by atoms with Gasteiger partial charge in [0.05, 0.1) is 6.04 Å². The number of hydrogen-bond donors (Lipinski definition) is 1. The van der Waals surface area contributed by atoms with Crippen molar-refractivity contribution in [2.45, 2.75) is 43.5 Å². The van der Waals surface area contributed by atoms with E-state index < -0.39 is 0 Å². The van der Waals surface area contributed by atoms with Gasteiger partial charge in [-0.2, -0.15) is 0 Å². The molecule has 110 valence electrons. The van der Waals surface area contributed by atoms with E-state index >= 15 is 0 Å². The first-order valence-electron chi connectivity index (χ1n) is 7.94. The third kappa shape index (κ3) is 3.44. The van der Waals surface area contributed by atoms with E-state index in [1.165, 1.54) is 47.4 Å². The van der Waals surface area contributed by atoms with Gasteiger partial charge in [0.1, 0.15) is 0 Å². The molecule has 0 fully saturated rings. The highest BCUT2D eigenvalue weighted by Crippen LogP contribution is 2.34. The van der Waals surface area contributed by atoms with Crippen LogP contribution >= 0.6 is 11.8 Å². The molecule has 1 atom stereocenters. The van der Waals surface area contributed by atoms with E-state index in [1.807, 2.05) is 11.8 Å². The fourth-order valence-electron chi connectivity index (χ4n) is 3.13. The van der Waals surface area contributed by atoms with Crippen LogP contribution in [0.3, 0.4) is 0 Å². The van der Waals surface area contributed by atoms with Gasteiger partial charge >= 0.3 is 0 Å². The summed E-state index contributed by atoms with van der Waals surface area (Å²) in [5, 5.41) is 3.81. The molecular weight excluding hydrogens is 274 g/mol. The largest absolute Gasteiger partial charge is 0.377 e. The molecule has 0 saturated carbocycles. The van der Waals surface area contributed by atoms with E-state index in [0.29, 0.717) is 6.04 Å². The van der Waals surface area contributed by atoms with Gasteiger partial charge in [-0.05, 0) is 48.3 Å². The van der Waals surface area contributed by atoms with Gasteiger partial charge < -0.3 is 5.32 Å². The van der Waals surface area contributed by atoms with Crippen LogP contribution in [0.25, 0.3) is 0 Å². The van der Waals surface area contributed by atoms with Gasteiger partial charge in [0, 0.05) is 10.6 Å². The zero-order valence-electron chi connectivity index (χ0n) is 12.6. The number of anilines is 1. The van der Waals surface area contributed by atoms with Gasteiger partial charge in [-0.25, -0.2) is 0 Å². The van der Waals surface area contributed by atoms with Crippen molar-refractivity contribution in [2.24, 2.45) is 0 Å². The Hall–Kier alpha value is -1.41. The molecule has 0 amide bonds. The number of nitrogens with one attached hydrogen (secondary N) is 1. The van der Waals surface area contributed by atoms with Gasteiger partial charge in [0.2, 0.25) is 0 Å². The molecule has 21 heavy (non-hydrogen) atoms. The van der Waals surface area contributed by atoms with E-state index in [9.17, 15) is 0 Å². The van der Waals surface area contributed by atoms with E-state index in [1.54, 1.807) is 0 Å². The number of hydrogen-bond acceptors (Lipinski definition) is 2. The normalized spacial score (nSPS) is 17.9. The Morgan fingerprint density at radius 2 is 1.86 bits per heavy atom. The summed E-state index contributed by atoms with van der Waals surface area (Å²) in [4.78, 5) is 1.36. The Morgan fingerprint density at radius 1 is 1.05 bits per heavy atom. The van der Waals surface area contributed by atoms with Crippen molar-refractivity contribution in [1.29, 1.82) is 0 Å². The van der Waals surface area contributed by atoms with Crippen LogP contribution in [0.15, 0.2) is 53.4 Å². The van der Waals surface area contributed by atoms with Crippen LogP contribution in [0, 0.1) is 0 Å². The molecule has 2 aromatic rings. The number of thioether (sulfide) groups is 1. The minimum atomic E-state index is 0.447. The summed E-state index contributed by atoms with van der Waals surface area (Å²) in [6.07, 6.45) is 5.05. The maximum absolute atomic E-state index is 3.81. The monoisotopic (exact) mass is 297 g/mol. The highest BCUT2D eigenvalue weighted by Gasteiger charge is 2.18. The molecule has 0 spiro atoms. The first-order valence-corrected chi connectivity index (χ1v) is 8.93. The van der Waals surface area contributed by atoms with E-state index in [2.05, 4.69) is 60.8 Å². The zero-order valence-corrected chi connectivity index (χ0v) is 13.5. The second kappa shape index (κ2) is 7.04. The Bertz CT molecular complexity index is 594. The lowest BCUT2D eigenvalue weighted by molar-refractivity contribution is 0.643. The predicted octanol–water partition coefficient (Wildman–Crippen LogP) is 5.68. The molecule has 0 aromatic heterocycles. The van der Waals surface area contributed by atoms with Crippen LogP contribution in [0.2, 0.25) is 0 Å². The van der Waals surface area contributed by atoms with Crippen molar-refractivity contribution in [1.82, 2.24) is 0 Å². The second-order valence-electron chi connectivity index (χ2n) is 5.57. The van der Waals surface area contributed by atoms with Crippen molar-refractivity contribution < 1.29 is 0 Å². The first kappa shape index (κ1) is 14.5. The highest BCUT2D eigenvalue weighted by molar-refractivity contribution is 7.99. The minimum Gasteiger partial charge on any atom is -0.377 e. The van der Waals surface area contributed by atoms with Crippen molar-refractivity contribution >= 4 is 17.4 Å². The zero-order chi connectivity index (χ0) is 14.5. The molecule has 3 rings (SSSR count). The average Bonchev–Trinajstić information content (AvgIpc) is 2.72. The Morgan fingerprint density at radius 3 is 2.76 bits per heavy atom. The van der Waals surface area contributed by atoms with E-state index in [0.717, 1.165) is 5.75 Å². The summed E-state index contributed by atoms with van der Waals surface area (Å²) in [5.74, 6) is 1.11. The molecule has 1 unspecified atom stereocenters. The SMILES string of the molecule is CCSc1ccccc1NC1CCCCc2ccccc21. The smallest absolute Gasteiger partial charge is 0.0516 e. The molecular formula is C19H23NS. The Kier molecular flexibility index (Phi) is 4.87. The molecule has 2 heteroatoms. The van der Waals surface area contributed by atoms with Crippen LogP contribution in [-0.4, -0.2) is 5.75 Å². The van der Waals surface area contributed by atoms with Crippen LogP contribution in [0.4, 0.5) is 5.69 Å². The Labute approximate surface area is 132 Å². The topological polar surface area (TPSA) is 12.0 Å². The van der Waals surface area contributed by atoms with Gasteiger partial charge in [0.25, 0.3) is 0 Å². The molecule has 0 saturated heterocycles. The lowest BCUT2D eigenvalue weighted by atomic mass is 9.99. The van der Waals surface area contributed by atoms with Crippen LogP contribution in [0.1, 0.15) is 43.4 Å². The Balaban J connectivity index is 1.88. The molecule has 0 aliphatic heterocycles. The summed E-state index contributed by atoms with van der Waals surface area (Å²) in [7, 11) is 0. The molecule has 1 nitrogen and oxygen atoms in total. The molecule has 1 aliphatic rings. The number of para-hydroxylation sites is 1. The quantitative estimate of drug-likeness (QED) is 0.575. The molecule has 1 aliphatic carbocycles. The third-order valence-electron chi connectivity index (χ3n) is 4.14. The van der Waals surface area contributed by atoms with Gasteiger partial charge in [-0.3, -0.25) is 0 Å². The number of benzene rings is 2. The molecule has 0 heterocycles. The maximum atomic E-state index is 3.81. The van der Waals surface area contributed by atoms with Crippen molar-refractivity contribution in [3.63, 3.8) is 0 Å². The van der Waals surface area contributed by atoms with Crippen molar-refractivity contribution in [2.75, 3.05) is 11.1 Å². The minimum absolute atomic E-state index is 0.447. The fourth-order valence-corrected chi connectivity index (χ4v) is 3.89. The third-order valence-corrected chi connectivity index (χ3v) is 5.09. The van der Waals surface area contributed by atoms with Gasteiger partial charge in [-0.1, -0.05) is 49.7 Å². The average molecular weight is 297 g/mol. The van der Waals surface area contributed by atoms with Crippen LogP contribution < -0.4 is 5.32 Å². The summed E-state index contributed by atoms with van der Waals surface area (Å²) in [6, 6.07) is 18.1. The highest BCUT2D eigenvalue weighted by atomic mass is 32.2. The lowest BCUT2D eigenvalue weighted by Crippen LogP contribution is -2.11. The maximum Gasteiger partial charge on any atom is 0.0516 e. The van der Waals surface area contributed by atoms with E-state index in [4.69, 9.17) is 0 Å². The predicted molar refractivity (Wildman–Crippen MR) is 93.2 cm³/mol. The second-order valence-corrected chi connectivity index (χ2v) is 6.88.